The molecule has 2 N–H and O–H groups in total. The maximum atomic E-state index is 12.8. The molecule has 0 saturated carbocycles. The standard InChI is InChI=1S/C20H23ClN2O3/c1-4-13(2)17(23-19(24)14-9-6-5-7-10-14)20(25)22-16-12-8-11-15(21)18(16)26-3/h5-13,17H,4H2,1-3H3,(H,22,25)(H,23,24). The average Bonchev–Trinajstić information content (AvgIpc) is 2.66. The smallest absolute Gasteiger partial charge is 0.251 e. The Hall–Kier alpha value is -2.53. The van der Waals surface area contributed by atoms with Gasteiger partial charge in [-0.15, -0.1) is 0 Å². The molecule has 5 nitrogen and oxygen atoms in total. The highest BCUT2D eigenvalue weighted by Gasteiger charge is 2.27. The van der Waals surface area contributed by atoms with E-state index in [2.05, 4.69) is 10.6 Å². The highest BCUT2D eigenvalue weighted by Crippen LogP contribution is 2.32. The van der Waals surface area contributed by atoms with E-state index < -0.39 is 6.04 Å². The number of nitrogens with one attached hydrogen (secondary N) is 2. The summed E-state index contributed by atoms with van der Waals surface area (Å²) < 4.78 is 5.26. The molecule has 26 heavy (non-hydrogen) atoms. The number of hydrogen-bond donors (Lipinski definition) is 2. The molecule has 2 amide bonds. The molecule has 2 atom stereocenters. The maximum Gasteiger partial charge on any atom is 0.251 e. The minimum Gasteiger partial charge on any atom is -0.493 e. The Morgan fingerprint density at radius 2 is 1.81 bits per heavy atom. The van der Waals surface area contributed by atoms with Crippen molar-refractivity contribution in [2.24, 2.45) is 5.92 Å². The highest BCUT2D eigenvalue weighted by atomic mass is 35.5. The lowest BCUT2D eigenvalue weighted by atomic mass is 9.97. The van der Waals surface area contributed by atoms with Crippen LogP contribution in [0.1, 0.15) is 30.6 Å². The minimum absolute atomic E-state index is 0.0483. The topological polar surface area (TPSA) is 67.4 Å². The van der Waals surface area contributed by atoms with Crippen LogP contribution in [0.3, 0.4) is 0 Å². The molecule has 0 heterocycles. The Morgan fingerprint density at radius 3 is 2.42 bits per heavy atom. The van der Waals surface area contributed by atoms with Crippen LogP contribution in [0.4, 0.5) is 5.69 Å². The van der Waals surface area contributed by atoms with Crippen molar-refractivity contribution in [3.63, 3.8) is 0 Å². The Balaban J connectivity index is 2.20. The fourth-order valence-electron chi connectivity index (χ4n) is 2.54. The van der Waals surface area contributed by atoms with Crippen molar-refractivity contribution in [1.82, 2.24) is 5.32 Å². The van der Waals surface area contributed by atoms with Crippen LogP contribution < -0.4 is 15.4 Å². The van der Waals surface area contributed by atoms with Crippen LogP contribution in [-0.2, 0) is 4.79 Å². The predicted molar refractivity (Wildman–Crippen MR) is 104 cm³/mol. The van der Waals surface area contributed by atoms with Gasteiger partial charge in [-0.05, 0) is 30.2 Å². The summed E-state index contributed by atoms with van der Waals surface area (Å²) in [6.45, 7) is 3.89. The fourth-order valence-corrected chi connectivity index (χ4v) is 2.79. The number of anilines is 1. The number of carbonyl (C=O) groups excluding carboxylic acids is 2. The van der Waals surface area contributed by atoms with Crippen molar-refractivity contribution in [3.05, 3.63) is 59.1 Å². The van der Waals surface area contributed by atoms with E-state index in [1.807, 2.05) is 19.9 Å². The van der Waals surface area contributed by atoms with E-state index in [-0.39, 0.29) is 17.7 Å². The monoisotopic (exact) mass is 374 g/mol. The third-order valence-electron chi connectivity index (χ3n) is 4.25. The number of halogens is 1. The molecule has 0 aliphatic carbocycles. The maximum absolute atomic E-state index is 12.8. The normalized spacial score (nSPS) is 12.8. The predicted octanol–water partition coefficient (Wildman–Crippen LogP) is 4.13. The second-order valence-electron chi connectivity index (χ2n) is 6.01. The van der Waals surface area contributed by atoms with Gasteiger partial charge < -0.3 is 15.4 Å². The first-order valence-electron chi connectivity index (χ1n) is 8.47. The van der Waals surface area contributed by atoms with Gasteiger partial charge in [0, 0.05) is 5.56 Å². The van der Waals surface area contributed by atoms with E-state index in [1.54, 1.807) is 42.5 Å². The second-order valence-corrected chi connectivity index (χ2v) is 6.42. The number of para-hydroxylation sites is 1. The fraction of sp³-hybridized carbons (Fsp3) is 0.300. The van der Waals surface area contributed by atoms with Crippen LogP contribution in [0, 0.1) is 5.92 Å². The lowest BCUT2D eigenvalue weighted by Crippen LogP contribution is -2.47. The summed E-state index contributed by atoms with van der Waals surface area (Å²) in [5.74, 6) is -0.263. The number of benzene rings is 2. The number of rotatable bonds is 7. The van der Waals surface area contributed by atoms with Gasteiger partial charge in [-0.2, -0.15) is 0 Å². The Bertz CT molecular complexity index is 765. The average molecular weight is 375 g/mol. The first-order chi connectivity index (χ1) is 12.5. The molecule has 138 valence electrons. The highest BCUT2D eigenvalue weighted by molar-refractivity contribution is 6.32. The van der Waals surface area contributed by atoms with Crippen molar-refractivity contribution < 1.29 is 14.3 Å². The van der Waals surface area contributed by atoms with Crippen LogP contribution in [-0.4, -0.2) is 25.0 Å². The molecule has 0 aliphatic rings. The summed E-state index contributed by atoms with van der Waals surface area (Å²) in [5, 5.41) is 6.04. The van der Waals surface area contributed by atoms with Crippen LogP contribution in [0.25, 0.3) is 0 Å². The van der Waals surface area contributed by atoms with Gasteiger partial charge in [0.05, 0.1) is 17.8 Å². The molecule has 0 fully saturated rings. The summed E-state index contributed by atoms with van der Waals surface area (Å²) >= 11 is 6.10. The second kappa shape index (κ2) is 9.25. The van der Waals surface area contributed by atoms with Crippen LogP contribution >= 0.6 is 11.6 Å². The molecule has 0 radical (unpaired) electrons. The Morgan fingerprint density at radius 1 is 1.12 bits per heavy atom. The zero-order valence-corrected chi connectivity index (χ0v) is 15.8. The van der Waals surface area contributed by atoms with Gasteiger partial charge in [0.25, 0.3) is 5.91 Å². The molecule has 0 spiro atoms. The van der Waals surface area contributed by atoms with Gasteiger partial charge in [0.2, 0.25) is 5.91 Å². The molecule has 2 rings (SSSR count). The first-order valence-corrected chi connectivity index (χ1v) is 8.85. The van der Waals surface area contributed by atoms with Crippen LogP contribution in [0.5, 0.6) is 5.75 Å². The third kappa shape index (κ3) is 4.76. The van der Waals surface area contributed by atoms with E-state index in [1.165, 1.54) is 7.11 Å². The zero-order valence-electron chi connectivity index (χ0n) is 15.1. The number of amides is 2. The molecule has 0 aromatic heterocycles. The first kappa shape index (κ1) is 19.8. The van der Waals surface area contributed by atoms with Crippen molar-refractivity contribution in [2.75, 3.05) is 12.4 Å². The molecule has 0 saturated heterocycles. The number of carbonyl (C=O) groups is 2. The quantitative estimate of drug-likeness (QED) is 0.765. The molecule has 0 aliphatic heterocycles. The summed E-state index contributed by atoms with van der Waals surface area (Å²) in [6.07, 6.45) is 0.736. The number of methoxy groups -OCH3 is 1. The number of hydrogen-bond acceptors (Lipinski definition) is 3. The summed E-state index contributed by atoms with van der Waals surface area (Å²) in [6, 6.07) is 13.2. The summed E-state index contributed by atoms with van der Waals surface area (Å²) in [5.41, 5.74) is 0.973. The van der Waals surface area contributed by atoms with Gasteiger partial charge in [-0.3, -0.25) is 9.59 Å². The largest absolute Gasteiger partial charge is 0.493 e. The van der Waals surface area contributed by atoms with Crippen molar-refractivity contribution in [3.8, 4) is 5.75 Å². The van der Waals surface area contributed by atoms with E-state index in [9.17, 15) is 9.59 Å². The molecule has 2 aromatic carbocycles. The van der Waals surface area contributed by atoms with Gasteiger partial charge in [0.1, 0.15) is 6.04 Å². The van der Waals surface area contributed by atoms with E-state index in [0.717, 1.165) is 6.42 Å². The van der Waals surface area contributed by atoms with Gasteiger partial charge in [-0.25, -0.2) is 0 Å². The van der Waals surface area contributed by atoms with Crippen molar-refractivity contribution in [2.45, 2.75) is 26.3 Å². The van der Waals surface area contributed by atoms with Gasteiger partial charge >= 0.3 is 0 Å². The number of ether oxygens (including phenoxy) is 1. The van der Waals surface area contributed by atoms with Crippen molar-refractivity contribution >= 4 is 29.1 Å². The van der Waals surface area contributed by atoms with E-state index in [4.69, 9.17) is 16.3 Å². The molecule has 2 unspecified atom stereocenters. The molecule has 0 bridgehead atoms. The van der Waals surface area contributed by atoms with Gasteiger partial charge in [-0.1, -0.05) is 56.1 Å². The SMILES string of the molecule is CCC(C)C(NC(=O)c1ccccc1)C(=O)Nc1cccc(Cl)c1OC. The van der Waals surface area contributed by atoms with E-state index in [0.29, 0.717) is 22.0 Å². The van der Waals surface area contributed by atoms with Crippen molar-refractivity contribution in [1.29, 1.82) is 0 Å². The third-order valence-corrected chi connectivity index (χ3v) is 4.54. The lowest BCUT2D eigenvalue weighted by Gasteiger charge is -2.24. The van der Waals surface area contributed by atoms with Crippen LogP contribution in [0.2, 0.25) is 5.02 Å². The molecular formula is C20H23ClN2O3. The van der Waals surface area contributed by atoms with E-state index >= 15 is 0 Å². The Labute approximate surface area is 158 Å². The van der Waals surface area contributed by atoms with Gasteiger partial charge in [0.15, 0.2) is 5.75 Å². The Kier molecular flexibility index (Phi) is 7.04. The lowest BCUT2D eigenvalue weighted by molar-refractivity contribution is -0.119. The van der Waals surface area contributed by atoms with Crippen LogP contribution in [0.15, 0.2) is 48.5 Å². The zero-order chi connectivity index (χ0) is 19.1. The molecule has 2 aromatic rings. The summed E-state index contributed by atoms with van der Waals surface area (Å²) in [7, 11) is 1.49. The minimum atomic E-state index is -0.684. The molecular weight excluding hydrogens is 352 g/mol. The molecule has 6 heteroatoms. The summed E-state index contributed by atoms with van der Waals surface area (Å²) in [4.78, 5) is 25.3.